The third kappa shape index (κ3) is 5.52. The van der Waals surface area contributed by atoms with Crippen LogP contribution in [0.2, 0.25) is 5.02 Å². The van der Waals surface area contributed by atoms with Crippen LogP contribution in [0.25, 0.3) is 0 Å². The minimum Gasteiger partial charge on any atom is -0.455 e. The van der Waals surface area contributed by atoms with Crippen molar-refractivity contribution in [1.82, 2.24) is 0 Å². The molecular weight excluding hydrogens is 378 g/mol. The summed E-state index contributed by atoms with van der Waals surface area (Å²) in [4.78, 5) is 13.8. The summed E-state index contributed by atoms with van der Waals surface area (Å²) in [7, 11) is 0. The molecule has 0 radical (unpaired) electrons. The van der Waals surface area contributed by atoms with Crippen LogP contribution in [-0.2, 0) is 4.79 Å². The number of thioether (sulfide) groups is 1. The Balaban J connectivity index is 1.71. The highest BCUT2D eigenvalue weighted by Crippen LogP contribution is 2.31. The maximum Gasteiger partial charge on any atom is 0.237 e. The van der Waals surface area contributed by atoms with E-state index in [0.717, 1.165) is 10.6 Å². The number of hydrogen-bond acceptors (Lipinski definition) is 3. The fourth-order valence-corrected chi connectivity index (χ4v) is 3.57. The Morgan fingerprint density at radius 2 is 1.67 bits per heavy atom. The van der Waals surface area contributed by atoms with Gasteiger partial charge in [-0.1, -0.05) is 48.9 Å². The van der Waals surface area contributed by atoms with Gasteiger partial charge in [-0.15, -0.1) is 11.8 Å². The van der Waals surface area contributed by atoms with E-state index in [9.17, 15) is 4.79 Å². The Labute approximate surface area is 168 Å². The van der Waals surface area contributed by atoms with Crippen molar-refractivity contribution in [2.45, 2.75) is 23.5 Å². The molecule has 3 aromatic rings. The Bertz CT molecular complexity index is 884. The van der Waals surface area contributed by atoms with Crippen molar-refractivity contribution >= 4 is 35.0 Å². The maximum absolute atomic E-state index is 12.8. The monoisotopic (exact) mass is 397 g/mol. The van der Waals surface area contributed by atoms with Crippen LogP contribution in [0.5, 0.6) is 11.5 Å². The fraction of sp³-hybridized carbons (Fsp3) is 0.136. The van der Waals surface area contributed by atoms with Crippen molar-refractivity contribution < 1.29 is 9.53 Å². The van der Waals surface area contributed by atoms with Crippen molar-refractivity contribution in [3.63, 3.8) is 0 Å². The first-order valence-corrected chi connectivity index (χ1v) is 9.96. The Hall–Kier alpha value is -2.43. The molecule has 27 heavy (non-hydrogen) atoms. The molecule has 3 rings (SSSR count). The third-order valence-electron chi connectivity index (χ3n) is 3.87. The number of carbonyl (C=O) groups is 1. The molecule has 0 spiro atoms. The number of hydrogen-bond donors (Lipinski definition) is 1. The van der Waals surface area contributed by atoms with Gasteiger partial charge in [-0.3, -0.25) is 4.79 Å². The maximum atomic E-state index is 12.8. The highest BCUT2D eigenvalue weighted by Gasteiger charge is 2.19. The Morgan fingerprint density at radius 3 is 2.37 bits per heavy atom. The van der Waals surface area contributed by atoms with Crippen LogP contribution in [0.1, 0.15) is 13.3 Å². The number of anilines is 1. The average molecular weight is 398 g/mol. The van der Waals surface area contributed by atoms with Crippen LogP contribution < -0.4 is 10.1 Å². The summed E-state index contributed by atoms with van der Waals surface area (Å²) < 4.78 is 5.92. The van der Waals surface area contributed by atoms with Crippen LogP contribution in [0.15, 0.2) is 83.8 Å². The number of amides is 1. The highest BCUT2D eigenvalue weighted by molar-refractivity contribution is 8.00. The van der Waals surface area contributed by atoms with Crippen molar-refractivity contribution in [2.75, 3.05) is 5.32 Å². The Kier molecular flexibility index (Phi) is 6.80. The van der Waals surface area contributed by atoms with Gasteiger partial charge < -0.3 is 10.1 Å². The molecule has 0 bridgehead atoms. The van der Waals surface area contributed by atoms with Crippen molar-refractivity contribution in [3.8, 4) is 11.5 Å². The third-order valence-corrected chi connectivity index (χ3v) is 5.50. The second kappa shape index (κ2) is 9.49. The molecule has 0 aromatic heterocycles. The molecule has 1 N–H and O–H groups in total. The number of carbonyl (C=O) groups excluding carboxylic acids is 1. The first-order valence-electron chi connectivity index (χ1n) is 8.70. The number of ether oxygens (including phenoxy) is 1. The van der Waals surface area contributed by atoms with E-state index in [2.05, 4.69) is 5.32 Å². The number of nitrogens with one attached hydrogen (secondary N) is 1. The van der Waals surface area contributed by atoms with E-state index in [0.29, 0.717) is 22.9 Å². The molecule has 3 nitrogen and oxygen atoms in total. The molecule has 3 aromatic carbocycles. The zero-order valence-corrected chi connectivity index (χ0v) is 16.5. The van der Waals surface area contributed by atoms with Crippen molar-refractivity contribution in [2.24, 2.45) is 0 Å². The molecule has 0 aliphatic heterocycles. The van der Waals surface area contributed by atoms with E-state index in [1.54, 1.807) is 0 Å². The SMILES string of the molecule is CC[C@@H](Sc1ccc(Cl)cc1)C(=O)Nc1ccccc1Oc1ccccc1. The van der Waals surface area contributed by atoms with Gasteiger partial charge in [0.15, 0.2) is 5.75 Å². The van der Waals surface area contributed by atoms with Crippen LogP contribution in [-0.4, -0.2) is 11.2 Å². The lowest BCUT2D eigenvalue weighted by molar-refractivity contribution is -0.115. The predicted molar refractivity (Wildman–Crippen MR) is 113 cm³/mol. The number of halogens is 1. The summed E-state index contributed by atoms with van der Waals surface area (Å²) in [5, 5.41) is 3.47. The lowest BCUT2D eigenvalue weighted by atomic mass is 10.2. The molecule has 0 aliphatic rings. The predicted octanol–water partition coefficient (Wildman–Crippen LogP) is 6.64. The minimum atomic E-state index is -0.212. The normalized spacial score (nSPS) is 11.6. The number of para-hydroxylation sites is 3. The summed E-state index contributed by atoms with van der Waals surface area (Å²) in [6.07, 6.45) is 0.709. The van der Waals surface area contributed by atoms with Crippen LogP contribution in [0, 0.1) is 0 Å². The van der Waals surface area contributed by atoms with Crippen molar-refractivity contribution in [3.05, 3.63) is 83.9 Å². The molecule has 0 fully saturated rings. The van der Waals surface area contributed by atoms with E-state index in [1.165, 1.54) is 11.8 Å². The Morgan fingerprint density at radius 1 is 1.00 bits per heavy atom. The largest absolute Gasteiger partial charge is 0.455 e. The molecular formula is C22H20ClNO2S. The van der Waals surface area contributed by atoms with Crippen LogP contribution >= 0.6 is 23.4 Å². The summed E-state index contributed by atoms with van der Waals surface area (Å²) >= 11 is 7.46. The van der Waals surface area contributed by atoms with Crippen LogP contribution in [0.4, 0.5) is 5.69 Å². The fourth-order valence-electron chi connectivity index (χ4n) is 2.49. The zero-order valence-electron chi connectivity index (χ0n) is 14.9. The molecule has 138 valence electrons. The molecule has 0 unspecified atom stereocenters. The van der Waals surface area contributed by atoms with Crippen LogP contribution in [0.3, 0.4) is 0 Å². The molecule has 1 amide bonds. The number of benzene rings is 3. The summed E-state index contributed by atoms with van der Waals surface area (Å²) in [5.74, 6) is 1.28. The quantitative estimate of drug-likeness (QED) is 0.454. The van der Waals surface area contributed by atoms with E-state index >= 15 is 0 Å². The minimum absolute atomic E-state index is 0.0541. The smallest absolute Gasteiger partial charge is 0.237 e. The highest BCUT2D eigenvalue weighted by atomic mass is 35.5. The van der Waals surface area contributed by atoms with E-state index in [1.807, 2.05) is 85.8 Å². The second-order valence-electron chi connectivity index (χ2n) is 5.87. The van der Waals surface area contributed by atoms with E-state index in [4.69, 9.17) is 16.3 Å². The van der Waals surface area contributed by atoms with Gasteiger partial charge >= 0.3 is 0 Å². The molecule has 0 aliphatic carbocycles. The van der Waals surface area contributed by atoms with Gasteiger partial charge in [-0.05, 0) is 55.0 Å². The van der Waals surface area contributed by atoms with Gasteiger partial charge in [0.25, 0.3) is 0 Å². The zero-order chi connectivity index (χ0) is 19.1. The topological polar surface area (TPSA) is 38.3 Å². The standard InChI is InChI=1S/C22H20ClNO2S/c1-2-21(27-18-14-12-16(23)13-15-18)22(25)24-19-10-6-7-11-20(19)26-17-8-4-3-5-9-17/h3-15,21H,2H2,1H3,(H,24,25)/t21-/m1/s1. The first-order chi connectivity index (χ1) is 13.2. The molecule has 0 heterocycles. The van der Waals surface area contributed by atoms with Gasteiger partial charge in [-0.2, -0.15) is 0 Å². The van der Waals surface area contributed by atoms with Gasteiger partial charge in [0.05, 0.1) is 10.9 Å². The molecule has 0 saturated carbocycles. The summed E-state index contributed by atoms with van der Waals surface area (Å²) in [6, 6.07) is 24.5. The van der Waals surface area contributed by atoms with Crippen molar-refractivity contribution in [1.29, 1.82) is 0 Å². The van der Waals surface area contributed by atoms with Gasteiger partial charge in [0.1, 0.15) is 5.75 Å². The number of rotatable bonds is 7. The average Bonchev–Trinajstić information content (AvgIpc) is 2.70. The lowest BCUT2D eigenvalue weighted by Crippen LogP contribution is -2.24. The molecule has 5 heteroatoms. The first kappa shape index (κ1) is 19.3. The summed E-state index contributed by atoms with van der Waals surface area (Å²) in [5.41, 5.74) is 0.654. The summed E-state index contributed by atoms with van der Waals surface area (Å²) in [6.45, 7) is 2.00. The van der Waals surface area contributed by atoms with Gasteiger partial charge in [0.2, 0.25) is 5.91 Å². The molecule has 1 atom stereocenters. The molecule has 0 saturated heterocycles. The lowest BCUT2D eigenvalue weighted by Gasteiger charge is -2.17. The van der Waals surface area contributed by atoms with E-state index in [-0.39, 0.29) is 11.2 Å². The second-order valence-corrected chi connectivity index (χ2v) is 7.58. The van der Waals surface area contributed by atoms with Gasteiger partial charge in [0, 0.05) is 9.92 Å². The van der Waals surface area contributed by atoms with Gasteiger partial charge in [-0.25, -0.2) is 0 Å². The van der Waals surface area contributed by atoms with E-state index < -0.39 is 0 Å².